The highest BCUT2D eigenvalue weighted by molar-refractivity contribution is 7.99. The molecule has 1 aliphatic carbocycles. The van der Waals surface area contributed by atoms with Crippen LogP contribution in [0.4, 0.5) is 0 Å². The molecule has 0 aromatic carbocycles. The predicted octanol–water partition coefficient (Wildman–Crippen LogP) is 1.58. The maximum atomic E-state index is 9.12. The molecule has 2 nitrogen and oxygen atoms in total. The molecule has 3 heteroatoms. The number of hydrogen-bond donors (Lipinski definition) is 1. The number of nitrogens with zero attached hydrogens (tertiary/aromatic N) is 1. The van der Waals surface area contributed by atoms with Crippen LogP contribution in [0, 0.1) is 5.92 Å². The summed E-state index contributed by atoms with van der Waals surface area (Å²) in [5, 5.41) is 9.97. The monoisotopic (exact) mass is 215 g/mol. The molecule has 1 N–H and O–H groups in total. The van der Waals surface area contributed by atoms with Gasteiger partial charge in [-0.2, -0.15) is 11.8 Å². The van der Waals surface area contributed by atoms with Crippen molar-refractivity contribution in [2.75, 3.05) is 26.0 Å². The van der Waals surface area contributed by atoms with E-state index in [2.05, 4.69) is 11.2 Å². The maximum Gasteiger partial charge on any atom is 0.0471 e. The minimum Gasteiger partial charge on any atom is -0.396 e. The summed E-state index contributed by atoms with van der Waals surface area (Å²) in [5.74, 6) is 0.554. The molecular weight excluding hydrogens is 194 g/mol. The zero-order chi connectivity index (χ0) is 9.97. The van der Waals surface area contributed by atoms with Gasteiger partial charge in [-0.15, -0.1) is 0 Å². The van der Waals surface area contributed by atoms with Gasteiger partial charge in [0.2, 0.25) is 0 Å². The number of aliphatic hydroxyl groups is 1. The Bertz CT molecular complexity index is 188. The first kappa shape index (κ1) is 10.8. The summed E-state index contributed by atoms with van der Waals surface area (Å²) in [7, 11) is 0. The Morgan fingerprint density at radius 3 is 2.86 bits per heavy atom. The molecule has 2 fully saturated rings. The van der Waals surface area contributed by atoms with Gasteiger partial charge in [0, 0.05) is 24.4 Å². The van der Waals surface area contributed by atoms with Crippen molar-refractivity contribution >= 4 is 11.8 Å². The van der Waals surface area contributed by atoms with E-state index in [1.807, 2.05) is 11.8 Å². The van der Waals surface area contributed by atoms with Crippen LogP contribution in [0.1, 0.15) is 25.7 Å². The summed E-state index contributed by atoms with van der Waals surface area (Å²) in [6, 6.07) is 0.807. The predicted molar refractivity (Wildman–Crippen MR) is 61.7 cm³/mol. The average Bonchev–Trinajstić information content (AvgIpc) is 2.85. The Kier molecular flexibility index (Phi) is 3.74. The molecule has 0 aromatic heterocycles. The lowest BCUT2D eigenvalue weighted by molar-refractivity contribution is 0.201. The third-order valence-electron chi connectivity index (χ3n) is 3.76. The molecule has 1 saturated carbocycles. The van der Waals surface area contributed by atoms with E-state index in [9.17, 15) is 0 Å². The Labute approximate surface area is 91.1 Å². The zero-order valence-electron chi connectivity index (χ0n) is 8.98. The van der Waals surface area contributed by atoms with Gasteiger partial charge in [0.15, 0.2) is 0 Å². The standard InChI is InChI=1S/C11H21NOS/c1-14-11-4-2-3-10(11)12-6-5-9(7-12)8-13/h9-11,13H,2-8H2,1H3. The average molecular weight is 215 g/mol. The number of thioether (sulfide) groups is 1. The molecule has 2 aliphatic rings. The first-order valence-electron chi connectivity index (χ1n) is 5.73. The van der Waals surface area contributed by atoms with Crippen LogP contribution in [0.5, 0.6) is 0 Å². The molecule has 82 valence electrons. The van der Waals surface area contributed by atoms with Gasteiger partial charge < -0.3 is 5.11 Å². The molecular formula is C11H21NOS. The minimum atomic E-state index is 0.382. The van der Waals surface area contributed by atoms with Crippen LogP contribution in [0.15, 0.2) is 0 Å². The largest absolute Gasteiger partial charge is 0.396 e. The van der Waals surface area contributed by atoms with Gasteiger partial charge >= 0.3 is 0 Å². The Hall–Kier alpha value is 0.270. The van der Waals surface area contributed by atoms with E-state index >= 15 is 0 Å². The van der Waals surface area contributed by atoms with E-state index in [0.717, 1.165) is 17.8 Å². The maximum absolute atomic E-state index is 9.12. The summed E-state index contributed by atoms with van der Waals surface area (Å²) < 4.78 is 0. The van der Waals surface area contributed by atoms with E-state index in [1.165, 1.54) is 32.2 Å². The van der Waals surface area contributed by atoms with Gasteiger partial charge in [0.25, 0.3) is 0 Å². The normalized spacial score (nSPS) is 39.4. The zero-order valence-corrected chi connectivity index (χ0v) is 9.80. The molecule has 2 rings (SSSR count). The van der Waals surface area contributed by atoms with Crippen molar-refractivity contribution < 1.29 is 5.11 Å². The van der Waals surface area contributed by atoms with E-state index in [-0.39, 0.29) is 0 Å². The molecule has 1 heterocycles. The molecule has 0 radical (unpaired) electrons. The second-order valence-corrected chi connectivity index (χ2v) is 5.68. The van der Waals surface area contributed by atoms with Crippen LogP contribution >= 0.6 is 11.8 Å². The highest BCUT2D eigenvalue weighted by atomic mass is 32.2. The summed E-state index contributed by atoms with van der Waals surface area (Å²) in [6.07, 6.45) is 7.61. The van der Waals surface area contributed by atoms with Gasteiger partial charge in [0.1, 0.15) is 0 Å². The van der Waals surface area contributed by atoms with Crippen molar-refractivity contribution in [2.45, 2.75) is 37.0 Å². The first-order valence-corrected chi connectivity index (χ1v) is 7.01. The number of aliphatic hydroxyl groups excluding tert-OH is 1. The second kappa shape index (κ2) is 4.86. The lowest BCUT2D eigenvalue weighted by Crippen LogP contribution is -2.37. The molecule has 3 unspecified atom stereocenters. The second-order valence-electron chi connectivity index (χ2n) is 4.60. The van der Waals surface area contributed by atoms with Crippen molar-refractivity contribution in [3.8, 4) is 0 Å². The fourth-order valence-electron chi connectivity index (χ4n) is 2.91. The summed E-state index contributed by atoms with van der Waals surface area (Å²) in [5.41, 5.74) is 0. The van der Waals surface area contributed by atoms with Crippen LogP contribution in [-0.2, 0) is 0 Å². The summed E-state index contributed by atoms with van der Waals surface area (Å²) >= 11 is 2.03. The van der Waals surface area contributed by atoms with Gasteiger partial charge in [0.05, 0.1) is 0 Å². The molecule has 0 amide bonds. The third-order valence-corrected chi connectivity index (χ3v) is 4.92. The van der Waals surface area contributed by atoms with Gasteiger partial charge in [-0.25, -0.2) is 0 Å². The van der Waals surface area contributed by atoms with Crippen molar-refractivity contribution in [2.24, 2.45) is 5.92 Å². The van der Waals surface area contributed by atoms with Crippen molar-refractivity contribution in [1.82, 2.24) is 4.90 Å². The van der Waals surface area contributed by atoms with Crippen LogP contribution in [0.25, 0.3) is 0 Å². The fourth-order valence-corrected chi connectivity index (χ4v) is 3.94. The molecule has 1 saturated heterocycles. The van der Waals surface area contributed by atoms with Gasteiger partial charge in [-0.05, 0) is 38.0 Å². The number of hydrogen-bond acceptors (Lipinski definition) is 3. The quantitative estimate of drug-likeness (QED) is 0.773. The van der Waals surface area contributed by atoms with Gasteiger partial charge in [-0.1, -0.05) is 6.42 Å². The minimum absolute atomic E-state index is 0.382. The molecule has 0 spiro atoms. The van der Waals surface area contributed by atoms with E-state index in [4.69, 9.17) is 5.11 Å². The Balaban J connectivity index is 1.89. The van der Waals surface area contributed by atoms with E-state index in [0.29, 0.717) is 12.5 Å². The van der Waals surface area contributed by atoms with E-state index in [1.54, 1.807) is 0 Å². The van der Waals surface area contributed by atoms with Crippen LogP contribution < -0.4 is 0 Å². The molecule has 0 aromatic rings. The highest BCUT2D eigenvalue weighted by Gasteiger charge is 2.35. The molecule has 3 atom stereocenters. The lowest BCUT2D eigenvalue weighted by Gasteiger charge is -2.28. The van der Waals surface area contributed by atoms with Crippen molar-refractivity contribution in [3.05, 3.63) is 0 Å². The topological polar surface area (TPSA) is 23.5 Å². The SMILES string of the molecule is CSC1CCCC1N1CCC(CO)C1. The Morgan fingerprint density at radius 2 is 2.21 bits per heavy atom. The molecule has 14 heavy (non-hydrogen) atoms. The van der Waals surface area contributed by atoms with Crippen molar-refractivity contribution in [3.63, 3.8) is 0 Å². The highest BCUT2D eigenvalue weighted by Crippen LogP contribution is 2.34. The summed E-state index contributed by atoms with van der Waals surface area (Å²) in [4.78, 5) is 2.62. The third kappa shape index (κ3) is 2.10. The van der Waals surface area contributed by atoms with Crippen LogP contribution in [0.2, 0.25) is 0 Å². The lowest BCUT2D eigenvalue weighted by atomic mass is 10.1. The number of rotatable bonds is 3. The van der Waals surface area contributed by atoms with E-state index < -0.39 is 0 Å². The number of likely N-dealkylation sites (tertiary alicyclic amines) is 1. The van der Waals surface area contributed by atoms with Crippen LogP contribution in [-0.4, -0.2) is 47.3 Å². The smallest absolute Gasteiger partial charge is 0.0471 e. The molecule has 0 bridgehead atoms. The fraction of sp³-hybridized carbons (Fsp3) is 1.00. The Morgan fingerprint density at radius 1 is 1.36 bits per heavy atom. The van der Waals surface area contributed by atoms with Crippen molar-refractivity contribution in [1.29, 1.82) is 0 Å². The van der Waals surface area contributed by atoms with Crippen LogP contribution in [0.3, 0.4) is 0 Å². The first-order chi connectivity index (χ1) is 6.85. The summed E-state index contributed by atoms with van der Waals surface area (Å²) in [6.45, 7) is 2.73. The van der Waals surface area contributed by atoms with Gasteiger partial charge in [-0.3, -0.25) is 4.90 Å². The molecule has 1 aliphatic heterocycles.